The van der Waals surface area contributed by atoms with Crippen LogP contribution in [0.2, 0.25) is 0 Å². The van der Waals surface area contributed by atoms with Gasteiger partial charge in [-0.15, -0.1) is 0 Å². The van der Waals surface area contributed by atoms with Crippen LogP contribution in [0.3, 0.4) is 0 Å². The summed E-state index contributed by atoms with van der Waals surface area (Å²) in [5.41, 5.74) is 0.579. The van der Waals surface area contributed by atoms with E-state index in [2.05, 4.69) is 5.32 Å². The molecular weight excluding hydrogens is 242 g/mol. The fraction of sp³-hybridized carbons (Fsp3) is 0.400. The molecule has 0 saturated carbocycles. The van der Waals surface area contributed by atoms with Crippen LogP contribution in [0.1, 0.15) is 26.3 Å². The lowest BCUT2D eigenvalue weighted by Gasteiger charge is -2.19. The van der Waals surface area contributed by atoms with Crippen molar-refractivity contribution in [2.24, 2.45) is 0 Å². The number of benzene rings is 1. The largest absolute Gasteiger partial charge is 0.497 e. The van der Waals surface area contributed by atoms with Crippen LogP contribution in [0, 0.1) is 0 Å². The van der Waals surface area contributed by atoms with E-state index in [0.717, 1.165) is 11.3 Å². The molecule has 1 rings (SSSR count). The molecule has 1 N–H and O–H groups in total. The van der Waals surface area contributed by atoms with E-state index in [4.69, 9.17) is 9.47 Å². The maximum absolute atomic E-state index is 11.4. The van der Waals surface area contributed by atoms with Gasteiger partial charge < -0.3 is 14.8 Å². The molecule has 19 heavy (non-hydrogen) atoms. The Labute approximate surface area is 114 Å². The second kappa shape index (κ2) is 6.83. The molecule has 4 nitrogen and oxygen atoms in total. The van der Waals surface area contributed by atoms with Gasteiger partial charge in [0.15, 0.2) is 0 Å². The maximum Gasteiger partial charge on any atom is 0.407 e. The number of nitrogens with one attached hydrogen (secondary N) is 1. The summed E-state index contributed by atoms with van der Waals surface area (Å²) >= 11 is 0. The van der Waals surface area contributed by atoms with Gasteiger partial charge in [-0.05, 0) is 38.5 Å². The summed E-state index contributed by atoms with van der Waals surface area (Å²) in [5, 5.41) is 2.66. The fourth-order valence-corrected chi connectivity index (χ4v) is 1.37. The van der Waals surface area contributed by atoms with E-state index in [-0.39, 0.29) is 0 Å². The van der Waals surface area contributed by atoms with Gasteiger partial charge in [-0.1, -0.05) is 24.3 Å². The minimum absolute atomic E-state index is 0.410. The lowest BCUT2D eigenvalue weighted by molar-refractivity contribution is 0.0534. The highest BCUT2D eigenvalue weighted by molar-refractivity contribution is 5.68. The Hall–Kier alpha value is -1.97. The van der Waals surface area contributed by atoms with E-state index >= 15 is 0 Å². The summed E-state index contributed by atoms with van der Waals surface area (Å²) in [5.74, 6) is 0.823. The Bertz CT molecular complexity index is 430. The quantitative estimate of drug-likeness (QED) is 0.907. The predicted octanol–water partition coefficient (Wildman–Crippen LogP) is 3.23. The van der Waals surface area contributed by atoms with Gasteiger partial charge in [0.1, 0.15) is 11.4 Å². The average molecular weight is 263 g/mol. The third kappa shape index (κ3) is 6.50. The minimum atomic E-state index is -0.468. The van der Waals surface area contributed by atoms with E-state index in [1.807, 2.05) is 57.2 Å². The van der Waals surface area contributed by atoms with Crippen molar-refractivity contribution in [1.29, 1.82) is 0 Å². The van der Waals surface area contributed by atoms with Crippen LogP contribution in [0.25, 0.3) is 6.08 Å². The Morgan fingerprint density at radius 3 is 2.42 bits per heavy atom. The number of hydrogen-bond donors (Lipinski definition) is 1. The van der Waals surface area contributed by atoms with Crippen molar-refractivity contribution in [2.75, 3.05) is 13.7 Å². The molecule has 0 saturated heterocycles. The van der Waals surface area contributed by atoms with E-state index in [1.165, 1.54) is 0 Å². The molecule has 0 aromatic heterocycles. The average Bonchev–Trinajstić information content (AvgIpc) is 2.33. The Morgan fingerprint density at radius 1 is 1.26 bits per heavy atom. The molecule has 0 radical (unpaired) electrons. The van der Waals surface area contributed by atoms with Crippen LogP contribution < -0.4 is 10.1 Å². The Kier molecular flexibility index (Phi) is 5.42. The zero-order valence-corrected chi connectivity index (χ0v) is 11.9. The van der Waals surface area contributed by atoms with Crippen molar-refractivity contribution in [3.8, 4) is 5.75 Å². The summed E-state index contributed by atoms with van der Waals surface area (Å²) in [7, 11) is 1.63. The molecule has 0 heterocycles. The second-order valence-corrected chi connectivity index (χ2v) is 5.06. The monoisotopic (exact) mass is 263 g/mol. The van der Waals surface area contributed by atoms with Gasteiger partial charge in [-0.2, -0.15) is 0 Å². The number of carbonyl (C=O) groups is 1. The topological polar surface area (TPSA) is 47.6 Å². The molecule has 4 heteroatoms. The Balaban J connectivity index is 2.35. The highest BCUT2D eigenvalue weighted by Crippen LogP contribution is 2.12. The summed E-state index contributed by atoms with van der Waals surface area (Å²) < 4.78 is 10.2. The van der Waals surface area contributed by atoms with Crippen molar-refractivity contribution < 1.29 is 14.3 Å². The highest BCUT2D eigenvalue weighted by Gasteiger charge is 2.14. The first-order chi connectivity index (χ1) is 8.90. The molecule has 0 aliphatic carbocycles. The standard InChI is InChI=1S/C15H21NO3/c1-15(2,3)19-14(17)16-11-5-6-12-7-9-13(18-4)10-8-12/h5-10H,11H2,1-4H3,(H,16,17)/b6-5-. The van der Waals surface area contributed by atoms with Crippen molar-refractivity contribution in [3.63, 3.8) is 0 Å². The molecule has 0 bridgehead atoms. The first kappa shape index (κ1) is 15.1. The van der Waals surface area contributed by atoms with E-state index in [1.54, 1.807) is 7.11 Å². The molecule has 0 aliphatic rings. The van der Waals surface area contributed by atoms with Crippen molar-refractivity contribution in [3.05, 3.63) is 35.9 Å². The number of carbonyl (C=O) groups excluding carboxylic acids is 1. The summed E-state index contributed by atoms with van der Waals surface area (Å²) in [6.45, 7) is 5.93. The zero-order chi connectivity index (χ0) is 14.3. The van der Waals surface area contributed by atoms with Gasteiger partial charge in [0.05, 0.1) is 7.11 Å². The smallest absolute Gasteiger partial charge is 0.407 e. The van der Waals surface area contributed by atoms with Crippen LogP contribution in [0.4, 0.5) is 4.79 Å². The SMILES string of the molecule is COc1ccc(/C=C\CNC(=O)OC(C)(C)C)cc1. The predicted molar refractivity (Wildman–Crippen MR) is 76.3 cm³/mol. The summed E-state index contributed by atoms with van der Waals surface area (Å²) in [6.07, 6.45) is 3.38. The second-order valence-electron chi connectivity index (χ2n) is 5.06. The summed E-state index contributed by atoms with van der Waals surface area (Å²) in [6, 6.07) is 7.67. The summed E-state index contributed by atoms with van der Waals surface area (Å²) in [4.78, 5) is 11.4. The number of ether oxygens (including phenoxy) is 2. The third-order valence-electron chi connectivity index (χ3n) is 2.19. The van der Waals surface area contributed by atoms with Gasteiger partial charge in [-0.3, -0.25) is 0 Å². The van der Waals surface area contributed by atoms with Crippen LogP contribution in [-0.4, -0.2) is 25.3 Å². The number of methoxy groups -OCH3 is 1. The Morgan fingerprint density at radius 2 is 1.89 bits per heavy atom. The van der Waals surface area contributed by atoms with Crippen LogP contribution in [0.5, 0.6) is 5.75 Å². The molecule has 0 spiro atoms. The first-order valence-electron chi connectivity index (χ1n) is 6.18. The normalized spacial score (nSPS) is 11.4. The number of alkyl carbamates (subject to hydrolysis) is 1. The molecule has 0 aliphatic heterocycles. The van der Waals surface area contributed by atoms with Gasteiger partial charge in [0.25, 0.3) is 0 Å². The highest BCUT2D eigenvalue weighted by atomic mass is 16.6. The van der Waals surface area contributed by atoms with Gasteiger partial charge in [0, 0.05) is 6.54 Å². The van der Waals surface area contributed by atoms with Crippen LogP contribution >= 0.6 is 0 Å². The van der Waals surface area contributed by atoms with Gasteiger partial charge >= 0.3 is 6.09 Å². The number of hydrogen-bond acceptors (Lipinski definition) is 3. The van der Waals surface area contributed by atoms with Gasteiger partial charge in [-0.25, -0.2) is 4.79 Å². The third-order valence-corrected chi connectivity index (χ3v) is 2.19. The van der Waals surface area contributed by atoms with E-state index < -0.39 is 11.7 Å². The maximum atomic E-state index is 11.4. The lowest BCUT2D eigenvalue weighted by atomic mass is 10.2. The molecule has 0 atom stereocenters. The lowest BCUT2D eigenvalue weighted by Crippen LogP contribution is -2.32. The van der Waals surface area contributed by atoms with Gasteiger partial charge in [0.2, 0.25) is 0 Å². The van der Waals surface area contributed by atoms with Crippen molar-refractivity contribution >= 4 is 12.2 Å². The van der Waals surface area contributed by atoms with Crippen LogP contribution in [-0.2, 0) is 4.74 Å². The van der Waals surface area contributed by atoms with Crippen LogP contribution in [0.15, 0.2) is 30.3 Å². The molecule has 104 valence electrons. The fourth-order valence-electron chi connectivity index (χ4n) is 1.37. The van der Waals surface area contributed by atoms with Crippen molar-refractivity contribution in [2.45, 2.75) is 26.4 Å². The van der Waals surface area contributed by atoms with E-state index in [0.29, 0.717) is 6.54 Å². The minimum Gasteiger partial charge on any atom is -0.497 e. The number of rotatable bonds is 4. The molecular formula is C15H21NO3. The molecule has 0 unspecified atom stereocenters. The first-order valence-corrected chi connectivity index (χ1v) is 6.18. The molecule has 1 amide bonds. The molecule has 0 fully saturated rings. The molecule has 1 aromatic carbocycles. The number of amides is 1. The zero-order valence-electron chi connectivity index (χ0n) is 11.9. The van der Waals surface area contributed by atoms with E-state index in [9.17, 15) is 4.79 Å². The van der Waals surface area contributed by atoms with Crippen molar-refractivity contribution in [1.82, 2.24) is 5.32 Å². The molecule has 1 aromatic rings.